The van der Waals surface area contributed by atoms with Crippen molar-refractivity contribution in [2.24, 2.45) is 0 Å². The Morgan fingerprint density at radius 2 is 2.08 bits per heavy atom. The molecular weight excluding hydrogens is 338 g/mol. The van der Waals surface area contributed by atoms with Gasteiger partial charge in [-0.2, -0.15) is 0 Å². The summed E-state index contributed by atoms with van der Waals surface area (Å²) in [4.78, 5) is 14.3. The second-order valence-corrected chi connectivity index (χ2v) is 6.95. The lowest BCUT2D eigenvalue weighted by Gasteiger charge is -2.24. The van der Waals surface area contributed by atoms with Crippen LogP contribution in [0.5, 0.6) is 17.2 Å². The number of carbonyl (C=O) groups excluding carboxylic acids is 1. The van der Waals surface area contributed by atoms with Crippen molar-refractivity contribution < 1.29 is 19.0 Å². The highest BCUT2D eigenvalue weighted by molar-refractivity contribution is 8.00. The van der Waals surface area contributed by atoms with Gasteiger partial charge in [-0.15, -0.1) is 11.8 Å². The van der Waals surface area contributed by atoms with Gasteiger partial charge in [0.25, 0.3) is 0 Å². The number of fused-ring (bicyclic) bond motifs is 1. The summed E-state index contributed by atoms with van der Waals surface area (Å²) >= 11 is 1.65. The van der Waals surface area contributed by atoms with Crippen LogP contribution in [0.2, 0.25) is 0 Å². The van der Waals surface area contributed by atoms with E-state index in [1.165, 1.54) is 0 Å². The van der Waals surface area contributed by atoms with Gasteiger partial charge in [0.1, 0.15) is 11.1 Å². The molecule has 6 heteroatoms. The summed E-state index contributed by atoms with van der Waals surface area (Å²) in [6, 6.07) is 13.8. The van der Waals surface area contributed by atoms with E-state index in [0.29, 0.717) is 18.9 Å². The molecule has 1 saturated heterocycles. The molecule has 130 valence electrons. The average molecular weight is 357 g/mol. The first-order valence-electron chi connectivity index (χ1n) is 8.27. The molecule has 1 fully saturated rings. The van der Waals surface area contributed by atoms with Crippen LogP contribution >= 0.6 is 11.8 Å². The summed E-state index contributed by atoms with van der Waals surface area (Å²) in [6.45, 7) is 3.39. The van der Waals surface area contributed by atoms with Crippen LogP contribution in [-0.4, -0.2) is 30.0 Å². The summed E-state index contributed by atoms with van der Waals surface area (Å²) in [6.07, 6.45) is 0. The number of rotatable bonds is 5. The monoisotopic (exact) mass is 357 g/mol. The van der Waals surface area contributed by atoms with Crippen molar-refractivity contribution in [1.29, 1.82) is 0 Å². The maximum Gasteiger partial charge on any atom is 0.234 e. The number of benzene rings is 2. The Morgan fingerprint density at radius 1 is 1.20 bits per heavy atom. The van der Waals surface area contributed by atoms with E-state index in [-0.39, 0.29) is 18.1 Å². The van der Waals surface area contributed by atoms with E-state index in [0.717, 1.165) is 28.4 Å². The van der Waals surface area contributed by atoms with E-state index in [1.807, 2.05) is 54.3 Å². The molecule has 0 radical (unpaired) electrons. The predicted molar refractivity (Wildman–Crippen MR) is 95.9 cm³/mol. The first kappa shape index (κ1) is 16.1. The van der Waals surface area contributed by atoms with Crippen molar-refractivity contribution in [3.05, 3.63) is 53.6 Å². The van der Waals surface area contributed by atoms with E-state index in [9.17, 15) is 4.79 Å². The van der Waals surface area contributed by atoms with E-state index in [1.54, 1.807) is 11.8 Å². The second kappa shape index (κ2) is 6.88. The third-order valence-corrected chi connectivity index (χ3v) is 5.47. The maximum atomic E-state index is 12.4. The van der Waals surface area contributed by atoms with E-state index in [2.05, 4.69) is 0 Å². The highest BCUT2D eigenvalue weighted by Gasteiger charge is 2.33. The van der Waals surface area contributed by atoms with Crippen LogP contribution in [-0.2, 0) is 11.3 Å². The Hall–Kier alpha value is -2.34. The molecule has 2 heterocycles. The largest absolute Gasteiger partial charge is 0.494 e. The molecule has 0 N–H and O–H groups in total. The van der Waals surface area contributed by atoms with Gasteiger partial charge in [-0.3, -0.25) is 4.79 Å². The number of carbonyl (C=O) groups is 1. The van der Waals surface area contributed by atoms with Crippen LogP contribution in [0.25, 0.3) is 0 Å². The first-order valence-corrected chi connectivity index (χ1v) is 9.32. The van der Waals surface area contributed by atoms with Crippen LogP contribution in [0, 0.1) is 0 Å². The zero-order valence-electron chi connectivity index (χ0n) is 13.9. The van der Waals surface area contributed by atoms with Gasteiger partial charge in [0, 0.05) is 6.54 Å². The van der Waals surface area contributed by atoms with Gasteiger partial charge in [-0.1, -0.05) is 18.2 Å². The third-order valence-electron chi connectivity index (χ3n) is 4.21. The smallest absolute Gasteiger partial charge is 0.234 e. The highest BCUT2D eigenvalue weighted by Crippen LogP contribution is 2.41. The zero-order chi connectivity index (χ0) is 17.2. The molecule has 0 saturated carbocycles. The zero-order valence-corrected chi connectivity index (χ0v) is 14.8. The Labute approximate surface area is 150 Å². The highest BCUT2D eigenvalue weighted by atomic mass is 32.2. The second-order valence-electron chi connectivity index (χ2n) is 5.88. The summed E-state index contributed by atoms with van der Waals surface area (Å²) < 4.78 is 16.4. The van der Waals surface area contributed by atoms with Crippen LogP contribution in [0.1, 0.15) is 23.4 Å². The lowest BCUT2D eigenvalue weighted by molar-refractivity contribution is -0.128. The minimum Gasteiger partial charge on any atom is -0.494 e. The van der Waals surface area contributed by atoms with Gasteiger partial charge in [-0.25, -0.2) is 0 Å². The Morgan fingerprint density at radius 3 is 2.96 bits per heavy atom. The summed E-state index contributed by atoms with van der Waals surface area (Å²) in [7, 11) is 0. The fraction of sp³-hybridized carbons (Fsp3) is 0.316. The number of ether oxygens (including phenoxy) is 3. The predicted octanol–water partition coefficient (Wildman–Crippen LogP) is 3.59. The standard InChI is InChI=1S/C19H19NO4S/c1-2-22-15-5-3-4-14(9-15)19-20(18(21)11-25-19)10-13-6-7-16-17(8-13)24-12-23-16/h3-9,19H,2,10-12H2,1H3. The van der Waals surface area contributed by atoms with Crippen molar-refractivity contribution in [3.8, 4) is 17.2 Å². The molecule has 0 bridgehead atoms. The van der Waals surface area contributed by atoms with Crippen molar-refractivity contribution >= 4 is 17.7 Å². The van der Waals surface area contributed by atoms with Gasteiger partial charge in [0.2, 0.25) is 12.7 Å². The molecule has 5 nitrogen and oxygen atoms in total. The fourth-order valence-electron chi connectivity index (χ4n) is 3.06. The van der Waals surface area contributed by atoms with Gasteiger partial charge in [0.05, 0.1) is 12.4 Å². The van der Waals surface area contributed by atoms with Crippen molar-refractivity contribution in [2.45, 2.75) is 18.8 Å². The molecule has 1 unspecified atom stereocenters. The Kier molecular flexibility index (Phi) is 4.44. The van der Waals surface area contributed by atoms with E-state index < -0.39 is 0 Å². The summed E-state index contributed by atoms with van der Waals surface area (Å²) in [5.74, 6) is 2.98. The minimum absolute atomic E-state index is 0.00155. The van der Waals surface area contributed by atoms with Crippen LogP contribution in [0.4, 0.5) is 0 Å². The quantitative estimate of drug-likeness (QED) is 0.818. The minimum atomic E-state index is -0.00155. The Balaban J connectivity index is 1.57. The van der Waals surface area contributed by atoms with Gasteiger partial charge in [0.15, 0.2) is 11.5 Å². The van der Waals surface area contributed by atoms with Crippen molar-refractivity contribution in [1.82, 2.24) is 4.90 Å². The molecule has 0 aromatic heterocycles. The molecule has 2 aromatic carbocycles. The molecule has 2 aromatic rings. The number of hydrogen-bond acceptors (Lipinski definition) is 5. The van der Waals surface area contributed by atoms with Gasteiger partial charge in [-0.05, 0) is 42.3 Å². The van der Waals surface area contributed by atoms with Gasteiger partial charge < -0.3 is 19.1 Å². The molecule has 4 rings (SSSR count). The van der Waals surface area contributed by atoms with Crippen molar-refractivity contribution in [3.63, 3.8) is 0 Å². The molecule has 2 aliphatic rings. The third kappa shape index (κ3) is 3.26. The number of hydrogen-bond donors (Lipinski definition) is 0. The summed E-state index contributed by atoms with van der Waals surface area (Å²) in [5.41, 5.74) is 2.12. The molecule has 2 aliphatic heterocycles. The number of amides is 1. The normalized spacial score (nSPS) is 18.7. The molecule has 0 spiro atoms. The SMILES string of the molecule is CCOc1cccc(C2SCC(=O)N2Cc2ccc3c(c2)OCO3)c1. The van der Waals surface area contributed by atoms with Crippen LogP contribution in [0.3, 0.4) is 0 Å². The van der Waals surface area contributed by atoms with Crippen LogP contribution < -0.4 is 14.2 Å². The van der Waals surface area contributed by atoms with E-state index in [4.69, 9.17) is 14.2 Å². The van der Waals surface area contributed by atoms with E-state index >= 15 is 0 Å². The van der Waals surface area contributed by atoms with Crippen molar-refractivity contribution in [2.75, 3.05) is 19.2 Å². The summed E-state index contributed by atoms with van der Waals surface area (Å²) in [5, 5.41) is -0.00155. The van der Waals surface area contributed by atoms with Gasteiger partial charge >= 0.3 is 0 Å². The van der Waals surface area contributed by atoms with Crippen LogP contribution in [0.15, 0.2) is 42.5 Å². The molecule has 25 heavy (non-hydrogen) atoms. The lowest BCUT2D eigenvalue weighted by Crippen LogP contribution is -2.27. The number of nitrogens with zero attached hydrogens (tertiary/aromatic N) is 1. The topological polar surface area (TPSA) is 48.0 Å². The fourth-order valence-corrected chi connectivity index (χ4v) is 4.24. The lowest BCUT2D eigenvalue weighted by atomic mass is 10.1. The molecule has 1 amide bonds. The molecular formula is C19H19NO4S. The number of thioether (sulfide) groups is 1. The first-order chi connectivity index (χ1) is 12.2. The average Bonchev–Trinajstić information content (AvgIpc) is 3.22. The molecule has 1 atom stereocenters. The Bertz CT molecular complexity index is 795. The molecule has 0 aliphatic carbocycles. The maximum absolute atomic E-state index is 12.4.